The standard InChI is InChI=1S/C19H23ClN6O2/c20-13-3-1-2-12(10-13)19(11-21)6-4-14(5-7-19)25-8-9-26-16(15(22)27)23-24-17(26)18(25)28/h1-3,10,14H,4-9,11,21H2,(H2,22,27). The van der Waals surface area contributed by atoms with Gasteiger partial charge in [-0.1, -0.05) is 23.7 Å². The third-order valence-corrected chi connectivity index (χ3v) is 6.40. The number of hydrogen-bond donors (Lipinski definition) is 2. The first-order valence-corrected chi connectivity index (χ1v) is 9.83. The maximum absolute atomic E-state index is 12.9. The quantitative estimate of drug-likeness (QED) is 0.799. The zero-order chi connectivity index (χ0) is 19.9. The number of halogens is 1. The van der Waals surface area contributed by atoms with E-state index in [0.717, 1.165) is 31.2 Å². The molecule has 4 rings (SSSR count). The van der Waals surface area contributed by atoms with Gasteiger partial charge in [-0.25, -0.2) is 0 Å². The fourth-order valence-corrected chi connectivity index (χ4v) is 4.73. The van der Waals surface area contributed by atoms with Crippen LogP contribution in [0.2, 0.25) is 5.02 Å². The van der Waals surface area contributed by atoms with Crippen LogP contribution in [0.4, 0.5) is 0 Å². The van der Waals surface area contributed by atoms with E-state index in [9.17, 15) is 9.59 Å². The molecule has 2 aliphatic rings. The van der Waals surface area contributed by atoms with Gasteiger partial charge in [0.2, 0.25) is 11.6 Å². The Bertz CT molecular complexity index is 919. The first kappa shape index (κ1) is 18.9. The van der Waals surface area contributed by atoms with Gasteiger partial charge in [-0.2, -0.15) is 0 Å². The van der Waals surface area contributed by atoms with Crippen molar-refractivity contribution in [3.63, 3.8) is 0 Å². The Morgan fingerprint density at radius 3 is 2.64 bits per heavy atom. The smallest absolute Gasteiger partial charge is 0.292 e. The highest BCUT2D eigenvalue weighted by Gasteiger charge is 2.41. The van der Waals surface area contributed by atoms with E-state index >= 15 is 0 Å². The number of aromatic nitrogens is 3. The molecule has 1 aromatic heterocycles. The minimum absolute atomic E-state index is 0.0368. The average molecular weight is 403 g/mol. The molecule has 9 heteroatoms. The summed E-state index contributed by atoms with van der Waals surface area (Å²) in [5, 5.41) is 8.38. The minimum Gasteiger partial charge on any atom is -0.363 e. The number of amides is 2. The molecule has 28 heavy (non-hydrogen) atoms. The third-order valence-electron chi connectivity index (χ3n) is 6.17. The van der Waals surface area contributed by atoms with Gasteiger partial charge in [0, 0.05) is 36.1 Å². The largest absolute Gasteiger partial charge is 0.363 e. The predicted molar refractivity (Wildman–Crippen MR) is 104 cm³/mol. The van der Waals surface area contributed by atoms with Crippen LogP contribution in [0.5, 0.6) is 0 Å². The Labute approximate surface area is 167 Å². The van der Waals surface area contributed by atoms with E-state index in [0.29, 0.717) is 24.7 Å². The van der Waals surface area contributed by atoms with Crippen molar-refractivity contribution in [3.8, 4) is 0 Å². The van der Waals surface area contributed by atoms with Gasteiger partial charge in [0.05, 0.1) is 0 Å². The van der Waals surface area contributed by atoms with Crippen LogP contribution in [0.3, 0.4) is 0 Å². The van der Waals surface area contributed by atoms with Crippen molar-refractivity contribution in [2.75, 3.05) is 13.1 Å². The molecule has 0 saturated heterocycles. The normalized spacial score (nSPS) is 24.9. The zero-order valence-corrected chi connectivity index (χ0v) is 16.2. The van der Waals surface area contributed by atoms with Crippen molar-refractivity contribution in [2.45, 2.75) is 43.7 Å². The number of hydrogen-bond acceptors (Lipinski definition) is 5. The van der Waals surface area contributed by atoms with E-state index in [1.54, 1.807) is 0 Å². The van der Waals surface area contributed by atoms with Crippen molar-refractivity contribution in [1.29, 1.82) is 0 Å². The first-order chi connectivity index (χ1) is 13.4. The summed E-state index contributed by atoms with van der Waals surface area (Å²) in [7, 11) is 0. The van der Waals surface area contributed by atoms with Gasteiger partial charge in [0.25, 0.3) is 11.8 Å². The molecule has 2 amide bonds. The number of nitrogens with two attached hydrogens (primary N) is 2. The van der Waals surface area contributed by atoms with Gasteiger partial charge in [-0.3, -0.25) is 14.2 Å². The summed E-state index contributed by atoms with van der Waals surface area (Å²) in [6.07, 6.45) is 3.48. The van der Waals surface area contributed by atoms with Gasteiger partial charge in [-0.15, -0.1) is 10.2 Å². The van der Waals surface area contributed by atoms with Crippen molar-refractivity contribution in [3.05, 3.63) is 46.5 Å². The summed E-state index contributed by atoms with van der Waals surface area (Å²) < 4.78 is 1.51. The zero-order valence-electron chi connectivity index (χ0n) is 15.5. The molecule has 0 radical (unpaired) electrons. The topological polar surface area (TPSA) is 120 Å². The highest BCUT2D eigenvalue weighted by molar-refractivity contribution is 6.30. The van der Waals surface area contributed by atoms with E-state index in [1.165, 1.54) is 4.57 Å². The SMILES string of the molecule is NCC1(c2cccc(Cl)c2)CCC(N2CCn3c(C(N)=O)nnc3C2=O)CC1. The molecule has 1 aliphatic heterocycles. The molecule has 1 aliphatic carbocycles. The predicted octanol–water partition coefficient (Wildman–Crippen LogP) is 1.33. The van der Waals surface area contributed by atoms with Gasteiger partial charge >= 0.3 is 0 Å². The van der Waals surface area contributed by atoms with Crippen LogP contribution in [0.1, 0.15) is 52.5 Å². The number of rotatable bonds is 4. The fourth-order valence-electron chi connectivity index (χ4n) is 4.54. The second kappa shape index (κ2) is 7.18. The lowest BCUT2D eigenvalue weighted by Gasteiger charge is -2.44. The first-order valence-electron chi connectivity index (χ1n) is 9.45. The van der Waals surface area contributed by atoms with Crippen molar-refractivity contribution >= 4 is 23.4 Å². The van der Waals surface area contributed by atoms with Crippen LogP contribution in [0.25, 0.3) is 0 Å². The Morgan fingerprint density at radius 2 is 2.00 bits per heavy atom. The summed E-state index contributed by atoms with van der Waals surface area (Å²) in [4.78, 5) is 26.2. The summed E-state index contributed by atoms with van der Waals surface area (Å²) in [6, 6.07) is 8.02. The molecule has 148 valence electrons. The number of benzene rings is 1. The summed E-state index contributed by atoms with van der Waals surface area (Å²) in [5.74, 6) is -0.647. The van der Waals surface area contributed by atoms with Gasteiger partial charge in [-0.05, 0) is 43.4 Å². The number of carbonyl (C=O) groups is 2. The monoisotopic (exact) mass is 402 g/mol. The molecule has 2 heterocycles. The van der Waals surface area contributed by atoms with Crippen LogP contribution in [0, 0.1) is 0 Å². The van der Waals surface area contributed by atoms with Crippen molar-refractivity contribution in [2.24, 2.45) is 11.5 Å². The van der Waals surface area contributed by atoms with E-state index in [1.807, 2.05) is 23.1 Å². The van der Waals surface area contributed by atoms with E-state index in [2.05, 4.69) is 16.3 Å². The lowest BCUT2D eigenvalue weighted by Crippen LogP contribution is -2.51. The highest BCUT2D eigenvalue weighted by Crippen LogP contribution is 2.41. The minimum atomic E-state index is -0.674. The Balaban J connectivity index is 1.51. The molecule has 8 nitrogen and oxygen atoms in total. The molecule has 1 aromatic carbocycles. The van der Waals surface area contributed by atoms with E-state index < -0.39 is 5.91 Å². The van der Waals surface area contributed by atoms with Crippen LogP contribution < -0.4 is 11.5 Å². The summed E-state index contributed by atoms with van der Waals surface area (Å²) >= 11 is 6.18. The highest BCUT2D eigenvalue weighted by atomic mass is 35.5. The molecule has 4 N–H and O–H groups in total. The van der Waals surface area contributed by atoms with Crippen LogP contribution in [-0.4, -0.2) is 50.6 Å². The molecule has 0 unspecified atom stereocenters. The van der Waals surface area contributed by atoms with Crippen LogP contribution in [0.15, 0.2) is 24.3 Å². The molecule has 1 saturated carbocycles. The molecule has 0 spiro atoms. The Kier molecular flexibility index (Phi) is 4.84. The Hall–Kier alpha value is -2.45. The molecular weight excluding hydrogens is 380 g/mol. The van der Waals surface area contributed by atoms with Gasteiger partial charge in [0.15, 0.2) is 0 Å². The second-order valence-electron chi connectivity index (χ2n) is 7.59. The molecule has 0 atom stereocenters. The number of fused-ring (bicyclic) bond motifs is 1. The van der Waals surface area contributed by atoms with Crippen molar-refractivity contribution < 1.29 is 9.59 Å². The van der Waals surface area contributed by atoms with Crippen molar-refractivity contribution in [1.82, 2.24) is 19.7 Å². The lowest BCUT2D eigenvalue weighted by atomic mass is 9.68. The van der Waals surface area contributed by atoms with E-state index in [-0.39, 0.29) is 29.0 Å². The molecule has 2 aromatic rings. The maximum atomic E-state index is 12.9. The molecule has 0 bridgehead atoms. The van der Waals surface area contributed by atoms with E-state index in [4.69, 9.17) is 23.1 Å². The number of carbonyl (C=O) groups excluding carboxylic acids is 2. The summed E-state index contributed by atoms with van der Waals surface area (Å²) in [6.45, 7) is 1.53. The van der Waals surface area contributed by atoms with Gasteiger partial charge < -0.3 is 16.4 Å². The third kappa shape index (κ3) is 3.06. The average Bonchev–Trinajstić information content (AvgIpc) is 3.14. The fraction of sp³-hybridized carbons (Fsp3) is 0.474. The summed E-state index contributed by atoms with van der Waals surface area (Å²) in [5.41, 5.74) is 12.5. The second-order valence-corrected chi connectivity index (χ2v) is 8.02. The number of primary amides is 1. The van der Waals surface area contributed by atoms with Crippen LogP contribution in [-0.2, 0) is 12.0 Å². The maximum Gasteiger partial charge on any atom is 0.292 e. The van der Waals surface area contributed by atoms with Gasteiger partial charge in [0.1, 0.15) is 0 Å². The van der Waals surface area contributed by atoms with Crippen LogP contribution >= 0.6 is 11.6 Å². The molecule has 1 fully saturated rings. The number of nitrogens with zero attached hydrogens (tertiary/aromatic N) is 4. The molecular formula is C19H23ClN6O2. The Morgan fingerprint density at radius 1 is 1.25 bits per heavy atom. The lowest BCUT2D eigenvalue weighted by molar-refractivity contribution is 0.0521.